The molecule has 1 aromatic carbocycles. The molecule has 1 unspecified atom stereocenters. The predicted molar refractivity (Wildman–Crippen MR) is 105 cm³/mol. The standard InChI is InChI=1S/C23H26O3/c1-3-17(2)22-13-14-25-23(22)12-9-19(18-7-5-4-6-8-18)15-20-10-11-21(16-24)26-20/h4-8,10-11,13,15,23-24H,2-3,9,12,14,16H2,1H3/b19-15-. The molecule has 2 heterocycles. The van der Waals surface area contributed by atoms with E-state index in [1.165, 1.54) is 16.7 Å². The lowest BCUT2D eigenvalue weighted by Gasteiger charge is -2.17. The molecule has 0 amide bonds. The number of aliphatic hydroxyl groups is 1. The number of rotatable bonds is 8. The maximum Gasteiger partial charge on any atom is 0.130 e. The molecule has 1 N–H and O–H groups in total. The van der Waals surface area contributed by atoms with Gasteiger partial charge in [0, 0.05) is 0 Å². The van der Waals surface area contributed by atoms with Crippen LogP contribution in [0.5, 0.6) is 0 Å². The molecule has 0 fully saturated rings. The van der Waals surface area contributed by atoms with Gasteiger partial charge >= 0.3 is 0 Å². The third-order valence-electron chi connectivity index (χ3n) is 4.76. The first kappa shape index (κ1) is 18.4. The van der Waals surface area contributed by atoms with Gasteiger partial charge in [-0.05, 0) is 59.8 Å². The van der Waals surface area contributed by atoms with Gasteiger partial charge in [-0.25, -0.2) is 0 Å². The van der Waals surface area contributed by atoms with Crippen LogP contribution in [-0.4, -0.2) is 17.8 Å². The number of hydrogen-bond donors (Lipinski definition) is 1. The van der Waals surface area contributed by atoms with Crippen molar-refractivity contribution in [3.05, 3.63) is 83.3 Å². The number of benzene rings is 1. The summed E-state index contributed by atoms with van der Waals surface area (Å²) >= 11 is 0. The Labute approximate surface area is 155 Å². The van der Waals surface area contributed by atoms with Gasteiger partial charge in [0.1, 0.15) is 18.1 Å². The molecule has 2 aromatic rings. The van der Waals surface area contributed by atoms with Gasteiger partial charge in [-0.3, -0.25) is 0 Å². The topological polar surface area (TPSA) is 42.6 Å². The number of furan rings is 1. The van der Waals surface area contributed by atoms with E-state index >= 15 is 0 Å². The highest BCUT2D eigenvalue weighted by Gasteiger charge is 2.21. The Balaban J connectivity index is 1.78. The fourth-order valence-corrected chi connectivity index (χ4v) is 3.26. The van der Waals surface area contributed by atoms with Crippen LogP contribution in [0.4, 0.5) is 0 Å². The molecule has 0 bridgehead atoms. The van der Waals surface area contributed by atoms with Gasteiger partial charge in [0.15, 0.2) is 0 Å². The van der Waals surface area contributed by atoms with Crippen molar-refractivity contribution >= 4 is 11.6 Å². The highest BCUT2D eigenvalue weighted by molar-refractivity contribution is 5.80. The van der Waals surface area contributed by atoms with Crippen LogP contribution in [-0.2, 0) is 11.3 Å². The van der Waals surface area contributed by atoms with Crippen molar-refractivity contribution in [2.75, 3.05) is 6.61 Å². The maximum atomic E-state index is 9.21. The number of allylic oxidation sites excluding steroid dienone is 1. The summed E-state index contributed by atoms with van der Waals surface area (Å²) in [6.45, 7) is 6.88. The molecule has 3 heteroatoms. The lowest BCUT2D eigenvalue weighted by molar-refractivity contribution is 0.117. The minimum absolute atomic E-state index is 0.0856. The first-order valence-corrected chi connectivity index (χ1v) is 9.16. The fourth-order valence-electron chi connectivity index (χ4n) is 3.26. The highest BCUT2D eigenvalue weighted by atomic mass is 16.5. The fraction of sp³-hybridized carbons (Fsp3) is 0.304. The van der Waals surface area contributed by atoms with Crippen molar-refractivity contribution in [2.24, 2.45) is 0 Å². The van der Waals surface area contributed by atoms with Gasteiger partial charge < -0.3 is 14.3 Å². The van der Waals surface area contributed by atoms with Crippen LogP contribution in [0, 0.1) is 0 Å². The molecule has 0 saturated carbocycles. The Morgan fingerprint density at radius 3 is 2.73 bits per heavy atom. The Hall–Kier alpha value is -2.36. The monoisotopic (exact) mass is 350 g/mol. The summed E-state index contributed by atoms with van der Waals surface area (Å²) in [6.07, 6.45) is 7.05. The van der Waals surface area contributed by atoms with E-state index in [-0.39, 0.29) is 12.7 Å². The molecule has 0 spiro atoms. The van der Waals surface area contributed by atoms with Crippen LogP contribution in [0.15, 0.2) is 70.7 Å². The minimum atomic E-state index is -0.0856. The van der Waals surface area contributed by atoms with E-state index in [2.05, 4.69) is 37.8 Å². The molecule has 0 aliphatic carbocycles. The lowest BCUT2D eigenvalue weighted by atomic mass is 9.93. The Morgan fingerprint density at radius 1 is 1.23 bits per heavy atom. The van der Waals surface area contributed by atoms with Gasteiger partial charge in [-0.1, -0.05) is 49.9 Å². The molecule has 1 aliphatic heterocycles. The van der Waals surface area contributed by atoms with Crippen LogP contribution < -0.4 is 0 Å². The SMILES string of the molecule is C=C(CC)C1=CCOC1CC/C(=C/c1ccc(CO)o1)c1ccccc1. The summed E-state index contributed by atoms with van der Waals surface area (Å²) in [5, 5.41) is 9.21. The molecule has 136 valence electrons. The smallest absolute Gasteiger partial charge is 0.130 e. The average Bonchev–Trinajstić information content (AvgIpc) is 3.34. The van der Waals surface area contributed by atoms with Crippen molar-refractivity contribution in [1.29, 1.82) is 0 Å². The zero-order valence-corrected chi connectivity index (χ0v) is 15.3. The second-order valence-corrected chi connectivity index (χ2v) is 6.48. The van der Waals surface area contributed by atoms with Crippen LogP contribution in [0.3, 0.4) is 0 Å². The van der Waals surface area contributed by atoms with Crippen LogP contribution in [0.1, 0.15) is 43.3 Å². The van der Waals surface area contributed by atoms with Gasteiger partial charge in [0.2, 0.25) is 0 Å². The summed E-state index contributed by atoms with van der Waals surface area (Å²) in [4.78, 5) is 0. The van der Waals surface area contributed by atoms with E-state index in [0.29, 0.717) is 12.4 Å². The zero-order chi connectivity index (χ0) is 18.4. The normalized spacial score (nSPS) is 17.4. The second-order valence-electron chi connectivity index (χ2n) is 6.48. The maximum absolute atomic E-state index is 9.21. The first-order chi connectivity index (χ1) is 12.7. The molecule has 3 nitrogen and oxygen atoms in total. The van der Waals surface area contributed by atoms with Crippen molar-refractivity contribution in [3.8, 4) is 0 Å². The van der Waals surface area contributed by atoms with Crippen LogP contribution >= 0.6 is 0 Å². The molecule has 1 atom stereocenters. The molecule has 26 heavy (non-hydrogen) atoms. The molecule has 3 rings (SSSR count). The van der Waals surface area contributed by atoms with Crippen LogP contribution in [0.2, 0.25) is 0 Å². The highest BCUT2D eigenvalue weighted by Crippen LogP contribution is 2.31. The summed E-state index contributed by atoms with van der Waals surface area (Å²) in [6, 6.07) is 14.0. The van der Waals surface area contributed by atoms with E-state index in [1.807, 2.05) is 24.3 Å². The van der Waals surface area contributed by atoms with E-state index < -0.39 is 0 Å². The molecular formula is C23H26O3. The van der Waals surface area contributed by atoms with E-state index in [9.17, 15) is 5.11 Å². The first-order valence-electron chi connectivity index (χ1n) is 9.16. The number of hydrogen-bond acceptors (Lipinski definition) is 3. The molecular weight excluding hydrogens is 324 g/mol. The summed E-state index contributed by atoms with van der Waals surface area (Å²) in [5.74, 6) is 1.33. The van der Waals surface area contributed by atoms with Gasteiger partial charge in [0.25, 0.3) is 0 Å². The second kappa shape index (κ2) is 8.84. The third-order valence-corrected chi connectivity index (χ3v) is 4.76. The average molecular weight is 350 g/mol. The molecule has 1 aromatic heterocycles. The van der Waals surface area contributed by atoms with Crippen molar-refractivity contribution in [1.82, 2.24) is 0 Å². The quantitative estimate of drug-likeness (QED) is 0.694. The van der Waals surface area contributed by atoms with Gasteiger partial charge in [-0.15, -0.1) is 0 Å². The Morgan fingerprint density at radius 2 is 2.04 bits per heavy atom. The molecule has 1 aliphatic rings. The van der Waals surface area contributed by atoms with Crippen molar-refractivity contribution < 1.29 is 14.3 Å². The predicted octanol–water partition coefficient (Wildman–Crippen LogP) is 5.38. The molecule has 0 saturated heterocycles. The molecule has 0 radical (unpaired) electrons. The summed E-state index contributed by atoms with van der Waals surface area (Å²) in [5.41, 5.74) is 4.78. The zero-order valence-electron chi connectivity index (χ0n) is 15.3. The van der Waals surface area contributed by atoms with Gasteiger partial charge in [0.05, 0.1) is 12.7 Å². The lowest BCUT2D eigenvalue weighted by Crippen LogP contribution is -2.11. The van der Waals surface area contributed by atoms with E-state index in [4.69, 9.17) is 9.15 Å². The summed E-state index contributed by atoms with van der Waals surface area (Å²) in [7, 11) is 0. The number of aliphatic hydroxyl groups excluding tert-OH is 1. The third kappa shape index (κ3) is 4.43. The van der Waals surface area contributed by atoms with Crippen molar-refractivity contribution in [3.63, 3.8) is 0 Å². The summed E-state index contributed by atoms with van der Waals surface area (Å²) < 4.78 is 11.6. The number of ether oxygens (including phenoxy) is 1. The Bertz CT molecular complexity index is 796. The minimum Gasteiger partial charge on any atom is -0.459 e. The Kier molecular flexibility index (Phi) is 6.26. The van der Waals surface area contributed by atoms with Gasteiger partial charge in [-0.2, -0.15) is 0 Å². The van der Waals surface area contributed by atoms with Crippen LogP contribution in [0.25, 0.3) is 11.6 Å². The van der Waals surface area contributed by atoms with Crippen molar-refractivity contribution in [2.45, 2.75) is 38.9 Å². The van der Waals surface area contributed by atoms with E-state index in [0.717, 1.165) is 30.6 Å². The van der Waals surface area contributed by atoms with E-state index in [1.54, 1.807) is 6.07 Å². The largest absolute Gasteiger partial charge is 0.459 e.